The minimum atomic E-state index is -0.450. The summed E-state index contributed by atoms with van der Waals surface area (Å²) in [6.07, 6.45) is 2.79. The third-order valence-corrected chi connectivity index (χ3v) is 2.72. The molecule has 0 heterocycles. The lowest BCUT2D eigenvalue weighted by Gasteiger charge is -2.06. The molecule has 1 rings (SSSR count). The van der Waals surface area contributed by atoms with Gasteiger partial charge in [-0.1, -0.05) is 29.8 Å². The van der Waals surface area contributed by atoms with E-state index in [9.17, 15) is 10.1 Å². The highest BCUT2D eigenvalue weighted by Gasteiger charge is 2.00. The van der Waals surface area contributed by atoms with Crippen molar-refractivity contribution in [1.82, 2.24) is 5.32 Å². The van der Waals surface area contributed by atoms with E-state index in [0.717, 1.165) is 11.8 Å². The highest BCUT2D eigenvalue weighted by atomic mass is 32.2. The molecule has 0 fully saturated rings. The van der Waals surface area contributed by atoms with Crippen molar-refractivity contribution in [1.29, 1.82) is 0 Å². The van der Waals surface area contributed by atoms with Crippen LogP contribution in [0.2, 0.25) is 0 Å². The summed E-state index contributed by atoms with van der Waals surface area (Å²) in [5, 5.41) is 13.9. The molecule has 5 heteroatoms. The van der Waals surface area contributed by atoms with E-state index in [0.29, 0.717) is 11.6 Å². The van der Waals surface area contributed by atoms with Crippen molar-refractivity contribution in [2.75, 3.05) is 6.26 Å². The Kier molecular flexibility index (Phi) is 4.85. The highest BCUT2D eigenvalue weighted by molar-refractivity contribution is 8.02. The molecule has 0 atom stereocenters. The molecule has 0 aliphatic rings. The molecule has 1 aromatic carbocycles. The topological polar surface area (TPSA) is 55.2 Å². The molecular weight excluding hydrogens is 224 g/mol. The van der Waals surface area contributed by atoms with E-state index in [1.54, 1.807) is 6.26 Å². The zero-order chi connectivity index (χ0) is 12.0. The molecule has 0 radical (unpaired) electrons. The third kappa shape index (κ3) is 4.35. The predicted octanol–water partition coefficient (Wildman–Crippen LogP) is 2.52. The fraction of sp³-hybridized carbons (Fsp3) is 0.273. The van der Waals surface area contributed by atoms with Gasteiger partial charge >= 0.3 is 0 Å². The van der Waals surface area contributed by atoms with Crippen LogP contribution in [0.4, 0.5) is 0 Å². The zero-order valence-corrected chi connectivity index (χ0v) is 10.1. The van der Waals surface area contributed by atoms with Crippen LogP contribution < -0.4 is 5.32 Å². The molecule has 0 aromatic heterocycles. The maximum atomic E-state index is 10.3. The Morgan fingerprint density at radius 1 is 1.50 bits per heavy atom. The second kappa shape index (κ2) is 6.17. The van der Waals surface area contributed by atoms with Crippen molar-refractivity contribution in [3.05, 3.63) is 56.7 Å². The minimum absolute atomic E-state index is 0.450. The van der Waals surface area contributed by atoms with E-state index >= 15 is 0 Å². The summed E-state index contributed by atoms with van der Waals surface area (Å²) < 4.78 is 0. The van der Waals surface area contributed by atoms with Crippen LogP contribution in [0.25, 0.3) is 0 Å². The number of aryl methyl sites for hydroxylation is 1. The lowest BCUT2D eigenvalue weighted by Crippen LogP contribution is -2.11. The first-order chi connectivity index (χ1) is 7.61. The number of benzene rings is 1. The van der Waals surface area contributed by atoms with E-state index in [-0.39, 0.29) is 0 Å². The summed E-state index contributed by atoms with van der Waals surface area (Å²) in [4.78, 5) is 9.85. The Labute approximate surface area is 98.9 Å². The molecule has 0 bridgehead atoms. The lowest BCUT2D eigenvalue weighted by molar-refractivity contribution is -0.403. The summed E-state index contributed by atoms with van der Waals surface area (Å²) in [5.41, 5.74) is 2.31. The summed E-state index contributed by atoms with van der Waals surface area (Å²) in [5.74, 6) is 0. The van der Waals surface area contributed by atoms with E-state index in [1.165, 1.54) is 17.3 Å². The molecule has 0 saturated heterocycles. The molecule has 0 aliphatic heterocycles. The number of hydrogen-bond donors (Lipinski definition) is 1. The maximum absolute atomic E-state index is 10.3. The van der Waals surface area contributed by atoms with Gasteiger partial charge in [-0.3, -0.25) is 10.1 Å². The summed E-state index contributed by atoms with van der Waals surface area (Å²) in [6.45, 7) is 2.62. The van der Waals surface area contributed by atoms with Gasteiger partial charge in [0.25, 0.3) is 6.20 Å². The molecule has 1 aromatic rings. The monoisotopic (exact) mass is 238 g/mol. The number of nitrogens with zero attached hydrogens (tertiary/aromatic N) is 1. The minimum Gasteiger partial charge on any atom is -0.371 e. The van der Waals surface area contributed by atoms with E-state index < -0.39 is 4.92 Å². The molecule has 16 heavy (non-hydrogen) atoms. The number of hydrogen-bond acceptors (Lipinski definition) is 4. The maximum Gasteiger partial charge on any atom is 0.263 e. The molecule has 0 amide bonds. The quantitative estimate of drug-likeness (QED) is 0.632. The summed E-state index contributed by atoms with van der Waals surface area (Å²) in [7, 11) is 0. The summed E-state index contributed by atoms with van der Waals surface area (Å²) in [6, 6.07) is 8.05. The van der Waals surface area contributed by atoms with Gasteiger partial charge in [0.2, 0.25) is 0 Å². The van der Waals surface area contributed by atoms with Gasteiger partial charge in [-0.15, -0.1) is 11.8 Å². The largest absolute Gasteiger partial charge is 0.371 e. The van der Waals surface area contributed by atoms with Crippen molar-refractivity contribution in [3.63, 3.8) is 0 Å². The lowest BCUT2D eigenvalue weighted by atomic mass is 10.1. The normalized spacial score (nSPS) is 11.2. The van der Waals surface area contributed by atoms with Crippen LogP contribution in [0.15, 0.2) is 35.5 Å². The Hall–Kier alpha value is -1.49. The summed E-state index contributed by atoms with van der Waals surface area (Å²) >= 11 is 1.33. The first kappa shape index (κ1) is 12.6. The Morgan fingerprint density at radius 3 is 2.62 bits per heavy atom. The molecule has 0 saturated carbocycles. The average molecular weight is 238 g/mol. The molecule has 4 nitrogen and oxygen atoms in total. The van der Waals surface area contributed by atoms with Crippen LogP contribution in [0.5, 0.6) is 0 Å². The van der Waals surface area contributed by atoms with Crippen LogP contribution in [0.3, 0.4) is 0 Å². The smallest absolute Gasteiger partial charge is 0.263 e. The second-order valence-electron chi connectivity index (χ2n) is 3.32. The van der Waals surface area contributed by atoms with Crippen LogP contribution in [-0.4, -0.2) is 11.2 Å². The number of nitrogens with one attached hydrogen (secondary N) is 1. The van der Waals surface area contributed by atoms with Crippen LogP contribution in [0, 0.1) is 17.0 Å². The Balaban J connectivity index is 2.56. The van der Waals surface area contributed by atoms with Gasteiger partial charge in [0.1, 0.15) is 5.03 Å². The number of thioether (sulfide) groups is 1. The van der Waals surface area contributed by atoms with Gasteiger partial charge < -0.3 is 5.32 Å². The standard InChI is InChI=1S/C11H14N2O2S/c1-9-3-5-10(6-4-9)7-12-11(16-2)8-13(14)15/h3-6,8,12H,7H2,1-2H3/b11-8-. The first-order valence-electron chi connectivity index (χ1n) is 4.80. The van der Waals surface area contributed by atoms with Crippen molar-refractivity contribution >= 4 is 11.8 Å². The number of rotatable bonds is 5. The van der Waals surface area contributed by atoms with Gasteiger partial charge in [0, 0.05) is 6.54 Å². The average Bonchev–Trinajstić information content (AvgIpc) is 2.26. The van der Waals surface area contributed by atoms with Crippen molar-refractivity contribution in [3.8, 4) is 0 Å². The molecule has 1 N–H and O–H groups in total. The molecule has 0 aliphatic carbocycles. The molecule has 0 unspecified atom stereocenters. The zero-order valence-electron chi connectivity index (χ0n) is 9.27. The Morgan fingerprint density at radius 2 is 2.12 bits per heavy atom. The van der Waals surface area contributed by atoms with Gasteiger partial charge in [-0.05, 0) is 18.7 Å². The predicted molar refractivity (Wildman–Crippen MR) is 66.6 cm³/mol. The van der Waals surface area contributed by atoms with Crippen LogP contribution in [-0.2, 0) is 6.54 Å². The second-order valence-corrected chi connectivity index (χ2v) is 4.17. The van der Waals surface area contributed by atoms with Gasteiger partial charge in [0.05, 0.1) is 4.92 Å². The fourth-order valence-corrected chi connectivity index (χ4v) is 1.57. The van der Waals surface area contributed by atoms with Gasteiger partial charge in [-0.25, -0.2) is 0 Å². The van der Waals surface area contributed by atoms with E-state index in [1.807, 2.05) is 31.2 Å². The molecule has 86 valence electrons. The van der Waals surface area contributed by atoms with Crippen molar-refractivity contribution in [2.45, 2.75) is 13.5 Å². The molecule has 0 spiro atoms. The van der Waals surface area contributed by atoms with Crippen molar-refractivity contribution in [2.24, 2.45) is 0 Å². The Bertz CT molecular complexity index is 387. The fourth-order valence-electron chi connectivity index (χ4n) is 1.16. The third-order valence-electron chi connectivity index (χ3n) is 2.03. The van der Waals surface area contributed by atoms with E-state index in [4.69, 9.17) is 0 Å². The van der Waals surface area contributed by atoms with Crippen molar-refractivity contribution < 1.29 is 4.92 Å². The SMILES string of the molecule is CS/C(=C\[N+](=O)[O-])NCc1ccc(C)cc1. The number of nitro groups is 1. The van der Waals surface area contributed by atoms with Crippen LogP contribution in [0.1, 0.15) is 11.1 Å². The first-order valence-corrected chi connectivity index (χ1v) is 6.03. The van der Waals surface area contributed by atoms with Gasteiger partial charge in [-0.2, -0.15) is 0 Å². The van der Waals surface area contributed by atoms with E-state index in [2.05, 4.69) is 5.32 Å². The highest BCUT2D eigenvalue weighted by Crippen LogP contribution is 2.09. The van der Waals surface area contributed by atoms with Crippen LogP contribution >= 0.6 is 11.8 Å². The van der Waals surface area contributed by atoms with Gasteiger partial charge in [0.15, 0.2) is 0 Å². The molecular formula is C11H14N2O2S.